The first-order valence-electron chi connectivity index (χ1n) is 7.50. The average molecular weight is 279 g/mol. The normalized spacial score (nSPS) is 18.1. The number of aromatic nitrogens is 2. The van der Waals surface area contributed by atoms with E-state index >= 15 is 0 Å². The Kier molecular flexibility index (Phi) is 5.17. The van der Waals surface area contributed by atoms with E-state index in [0.29, 0.717) is 12.5 Å². The lowest BCUT2D eigenvalue weighted by Crippen LogP contribution is -2.38. The first-order chi connectivity index (χ1) is 9.56. The summed E-state index contributed by atoms with van der Waals surface area (Å²) in [5, 5.41) is 16.9. The van der Waals surface area contributed by atoms with Crippen LogP contribution in [0, 0.1) is 12.8 Å². The Morgan fingerprint density at radius 3 is 2.75 bits per heavy atom. The third-order valence-corrected chi connectivity index (χ3v) is 4.28. The second kappa shape index (κ2) is 6.88. The molecule has 0 aromatic carbocycles. The molecule has 1 aromatic rings. The maximum absolute atomic E-state index is 11.1. The van der Waals surface area contributed by atoms with Crippen LogP contribution in [0.2, 0.25) is 0 Å². The van der Waals surface area contributed by atoms with Gasteiger partial charge in [-0.1, -0.05) is 19.3 Å². The predicted molar refractivity (Wildman–Crippen MR) is 77.4 cm³/mol. The lowest BCUT2D eigenvalue weighted by Gasteiger charge is -2.30. The largest absolute Gasteiger partial charge is 0.481 e. The number of hydrogen-bond donors (Lipinski definition) is 2. The topological polar surface area (TPSA) is 67.2 Å². The van der Waals surface area contributed by atoms with Crippen LogP contribution in [0.5, 0.6) is 0 Å². The van der Waals surface area contributed by atoms with Gasteiger partial charge in [0.1, 0.15) is 0 Å². The van der Waals surface area contributed by atoms with E-state index in [1.165, 1.54) is 19.3 Å². The van der Waals surface area contributed by atoms with Crippen LogP contribution in [0.25, 0.3) is 0 Å². The van der Waals surface area contributed by atoms with Gasteiger partial charge in [0.15, 0.2) is 0 Å². The van der Waals surface area contributed by atoms with Gasteiger partial charge in [0.05, 0.1) is 12.1 Å². The van der Waals surface area contributed by atoms with Crippen LogP contribution in [0.4, 0.5) is 0 Å². The van der Waals surface area contributed by atoms with Gasteiger partial charge in [-0.3, -0.25) is 9.48 Å². The highest BCUT2D eigenvalue weighted by atomic mass is 16.4. The van der Waals surface area contributed by atoms with Crippen LogP contribution < -0.4 is 5.32 Å². The summed E-state index contributed by atoms with van der Waals surface area (Å²) in [5.41, 5.74) is 2.16. The predicted octanol–water partition coefficient (Wildman–Crippen LogP) is 2.24. The van der Waals surface area contributed by atoms with E-state index < -0.39 is 5.97 Å². The number of nitrogens with zero attached hydrogens (tertiary/aromatic N) is 2. The summed E-state index contributed by atoms with van der Waals surface area (Å²) in [7, 11) is 1.91. The Labute approximate surface area is 120 Å². The monoisotopic (exact) mass is 279 g/mol. The molecular weight excluding hydrogens is 254 g/mol. The van der Waals surface area contributed by atoms with E-state index in [2.05, 4.69) is 10.4 Å². The second-order valence-corrected chi connectivity index (χ2v) is 5.90. The van der Waals surface area contributed by atoms with E-state index in [9.17, 15) is 4.79 Å². The van der Waals surface area contributed by atoms with Crippen molar-refractivity contribution in [2.45, 2.75) is 58.0 Å². The number of hydrogen-bond acceptors (Lipinski definition) is 3. The smallest absolute Gasteiger partial charge is 0.304 e. The third-order valence-electron chi connectivity index (χ3n) is 4.28. The number of carboxylic acid groups (broad SMARTS) is 1. The Bertz CT molecular complexity index is 450. The zero-order valence-electron chi connectivity index (χ0n) is 12.4. The van der Waals surface area contributed by atoms with Crippen molar-refractivity contribution in [2.24, 2.45) is 13.0 Å². The van der Waals surface area contributed by atoms with E-state index in [0.717, 1.165) is 24.1 Å². The van der Waals surface area contributed by atoms with Gasteiger partial charge < -0.3 is 10.4 Å². The van der Waals surface area contributed by atoms with E-state index in [1.54, 1.807) is 4.68 Å². The highest BCUT2D eigenvalue weighted by Crippen LogP contribution is 2.28. The summed E-state index contributed by atoms with van der Waals surface area (Å²) in [6.07, 6.45) is 8.26. The van der Waals surface area contributed by atoms with E-state index in [1.807, 2.05) is 20.2 Å². The molecule has 0 bridgehead atoms. The van der Waals surface area contributed by atoms with Gasteiger partial charge in [-0.05, 0) is 25.7 Å². The van der Waals surface area contributed by atoms with Crippen LogP contribution in [0.1, 0.15) is 49.8 Å². The molecule has 0 amide bonds. The molecule has 0 spiro atoms. The zero-order chi connectivity index (χ0) is 14.5. The minimum atomic E-state index is -0.712. The summed E-state index contributed by atoms with van der Waals surface area (Å²) in [6.45, 7) is 2.69. The van der Waals surface area contributed by atoms with Crippen molar-refractivity contribution in [3.63, 3.8) is 0 Å². The summed E-state index contributed by atoms with van der Waals surface area (Å²) in [4.78, 5) is 11.1. The van der Waals surface area contributed by atoms with Crippen molar-refractivity contribution in [3.05, 3.63) is 17.5 Å². The second-order valence-electron chi connectivity index (χ2n) is 5.90. The lowest BCUT2D eigenvalue weighted by atomic mass is 9.82. The molecule has 1 atom stereocenters. The van der Waals surface area contributed by atoms with Crippen LogP contribution in [-0.4, -0.2) is 26.9 Å². The number of nitrogens with one attached hydrogen (secondary N) is 1. The van der Waals surface area contributed by atoms with Crippen molar-refractivity contribution in [2.75, 3.05) is 0 Å². The highest BCUT2D eigenvalue weighted by molar-refractivity contribution is 5.67. The molecule has 1 saturated carbocycles. The van der Waals surface area contributed by atoms with Crippen molar-refractivity contribution >= 4 is 5.97 Å². The molecule has 0 saturated heterocycles. The first kappa shape index (κ1) is 15.0. The fourth-order valence-corrected chi connectivity index (χ4v) is 3.19. The molecule has 112 valence electrons. The number of aryl methyl sites for hydroxylation is 2. The number of rotatable bonds is 6. The molecule has 1 aromatic heterocycles. The molecule has 2 rings (SSSR count). The van der Waals surface area contributed by atoms with Crippen molar-refractivity contribution < 1.29 is 9.90 Å². The molecule has 5 heteroatoms. The van der Waals surface area contributed by atoms with Crippen LogP contribution in [0.15, 0.2) is 6.20 Å². The highest BCUT2D eigenvalue weighted by Gasteiger charge is 2.25. The minimum Gasteiger partial charge on any atom is -0.481 e. The molecule has 1 aliphatic carbocycles. The standard InChI is InChI=1S/C15H25N3O2/c1-11-13(10-18(2)17-11)9-16-14(8-15(19)20)12-6-4-3-5-7-12/h10,12,14,16H,3-9H2,1-2H3,(H,19,20)/t14-/m0/s1. The van der Waals surface area contributed by atoms with Crippen LogP contribution in [0.3, 0.4) is 0 Å². The molecule has 2 N–H and O–H groups in total. The van der Waals surface area contributed by atoms with Gasteiger partial charge in [0.2, 0.25) is 0 Å². The summed E-state index contributed by atoms with van der Waals surface area (Å²) in [5.74, 6) is -0.215. The molecule has 0 unspecified atom stereocenters. The summed E-state index contributed by atoms with van der Waals surface area (Å²) in [6, 6.07) is 0.0763. The zero-order valence-corrected chi connectivity index (χ0v) is 12.4. The maximum Gasteiger partial charge on any atom is 0.304 e. The SMILES string of the molecule is Cc1nn(C)cc1CN[C@@H](CC(=O)O)C1CCCCC1. The van der Waals surface area contributed by atoms with Gasteiger partial charge in [-0.15, -0.1) is 0 Å². The molecule has 20 heavy (non-hydrogen) atoms. The molecule has 0 aliphatic heterocycles. The quantitative estimate of drug-likeness (QED) is 0.838. The maximum atomic E-state index is 11.1. The fraction of sp³-hybridized carbons (Fsp3) is 0.733. The Morgan fingerprint density at radius 1 is 1.50 bits per heavy atom. The molecular formula is C15H25N3O2. The molecule has 1 aliphatic rings. The van der Waals surface area contributed by atoms with E-state index in [-0.39, 0.29) is 12.5 Å². The van der Waals surface area contributed by atoms with Crippen LogP contribution in [-0.2, 0) is 18.4 Å². The Morgan fingerprint density at radius 2 is 2.20 bits per heavy atom. The molecule has 5 nitrogen and oxygen atoms in total. The van der Waals surface area contributed by atoms with Gasteiger partial charge in [0, 0.05) is 31.4 Å². The van der Waals surface area contributed by atoms with Crippen LogP contribution >= 0.6 is 0 Å². The van der Waals surface area contributed by atoms with Crippen molar-refractivity contribution in [1.29, 1.82) is 0 Å². The van der Waals surface area contributed by atoms with Gasteiger partial charge in [-0.2, -0.15) is 5.10 Å². The minimum absolute atomic E-state index is 0.0763. The van der Waals surface area contributed by atoms with Gasteiger partial charge in [0.25, 0.3) is 0 Å². The Balaban J connectivity index is 1.96. The first-order valence-corrected chi connectivity index (χ1v) is 7.50. The van der Waals surface area contributed by atoms with Gasteiger partial charge >= 0.3 is 5.97 Å². The average Bonchev–Trinajstić information content (AvgIpc) is 2.73. The lowest BCUT2D eigenvalue weighted by molar-refractivity contribution is -0.138. The number of carbonyl (C=O) groups is 1. The summed E-state index contributed by atoms with van der Waals surface area (Å²) < 4.78 is 1.80. The van der Waals surface area contributed by atoms with Crippen molar-refractivity contribution in [3.8, 4) is 0 Å². The third kappa shape index (κ3) is 4.07. The number of aliphatic carboxylic acids is 1. The van der Waals surface area contributed by atoms with Crippen molar-refractivity contribution in [1.82, 2.24) is 15.1 Å². The van der Waals surface area contributed by atoms with E-state index in [4.69, 9.17) is 5.11 Å². The van der Waals surface area contributed by atoms with Gasteiger partial charge in [-0.25, -0.2) is 0 Å². The molecule has 1 heterocycles. The number of carboxylic acids is 1. The Hall–Kier alpha value is -1.36. The summed E-state index contributed by atoms with van der Waals surface area (Å²) >= 11 is 0. The molecule has 1 fully saturated rings. The molecule has 0 radical (unpaired) electrons. The fourth-order valence-electron chi connectivity index (χ4n) is 3.19.